The van der Waals surface area contributed by atoms with Gasteiger partial charge in [-0.15, -0.1) is 5.10 Å². The second-order valence-corrected chi connectivity index (χ2v) is 9.61. The molecule has 3 aromatic rings. The van der Waals surface area contributed by atoms with E-state index in [1.165, 1.54) is 4.68 Å². The molecule has 3 aliphatic heterocycles. The number of hydrogen-bond acceptors (Lipinski definition) is 8. The molecule has 36 heavy (non-hydrogen) atoms. The maximum absolute atomic E-state index is 12.7. The summed E-state index contributed by atoms with van der Waals surface area (Å²) in [5.74, 6) is 0.0950. The quantitative estimate of drug-likeness (QED) is 0.524. The summed E-state index contributed by atoms with van der Waals surface area (Å²) in [4.78, 5) is 25.2. The van der Waals surface area contributed by atoms with Crippen LogP contribution in [0.2, 0.25) is 5.02 Å². The summed E-state index contributed by atoms with van der Waals surface area (Å²) in [5.41, 5.74) is 1.44. The summed E-state index contributed by atoms with van der Waals surface area (Å²) in [7, 11) is 0. The fraction of sp³-hybridized carbons (Fsp3) is 0.400. The first-order valence-electron chi connectivity index (χ1n) is 12.0. The zero-order chi connectivity index (χ0) is 24.6. The van der Waals surface area contributed by atoms with Gasteiger partial charge in [0.05, 0.1) is 16.6 Å². The Labute approximate surface area is 211 Å². The molecule has 0 radical (unpaired) electrons. The van der Waals surface area contributed by atoms with Gasteiger partial charge in [0, 0.05) is 12.1 Å². The van der Waals surface area contributed by atoms with Gasteiger partial charge in [-0.05, 0) is 37.3 Å². The molecule has 2 saturated heterocycles. The summed E-state index contributed by atoms with van der Waals surface area (Å²) >= 11 is 6.55. The van der Waals surface area contributed by atoms with E-state index in [0.29, 0.717) is 23.4 Å². The molecular weight excluding hydrogens is 488 g/mol. The summed E-state index contributed by atoms with van der Waals surface area (Å²) in [6.07, 6.45) is 3.18. The number of nitrogens with one attached hydrogen (secondary N) is 2. The van der Waals surface area contributed by atoms with Crippen molar-refractivity contribution < 1.29 is 23.4 Å². The number of fused-ring (bicyclic) bond motifs is 3. The van der Waals surface area contributed by atoms with Gasteiger partial charge in [0.25, 0.3) is 5.89 Å². The van der Waals surface area contributed by atoms with Crippen molar-refractivity contribution >= 4 is 23.4 Å². The van der Waals surface area contributed by atoms with Gasteiger partial charge in [-0.1, -0.05) is 41.9 Å². The minimum absolute atomic E-state index is 0.0301. The van der Waals surface area contributed by atoms with Crippen LogP contribution in [0.3, 0.4) is 0 Å². The topological polar surface area (TPSA) is 117 Å². The molecule has 2 atom stereocenters. The van der Waals surface area contributed by atoms with E-state index in [9.17, 15) is 9.59 Å². The maximum Gasteiger partial charge on any atom is 0.437 e. The minimum atomic E-state index is -0.693. The van der Waals surface area contributed by atoms with Crippen molar-refractivity contribution in [2.75, 3.05) is 18.5 Å². The summed E-state index contributed by atoms with van der Waals surface area (Å²) < 4.78 is 24.0. The van der Waals surface area contributed by atoms with Crippen LogP contribution in [0.25, 0.3) is 11.5 Å². The second kappa shape index (κ2) is 9.51. The van der Waals surface area contributed by atoms with E-state index in [2.05, 4.69) is 15.7 Å². The number of nitrogens with zero attached hydrogens (tertiary/aromatic N) is 2. The van der Waals surface area contributed by atoms with Crippen LogP contribution in [-0.4, -0.2) is 41.2 Å². The van der Waals surface area contributed by atoms with E-state index in [1.54, 1.807) is 6.07 Å². The smallest absolute Gasteiger partial charge is 0.437 e. The summed E-state index contributed by atoms with van der Waals surface area (Å²) in [6, 6.07) is 11.6. The number of hydrogen-bond donors (Lipinski definition) is 2. The van der Waals surface area contributed by atoms with E-state index in [-0.39, 0.29) is 48.2 Å². The third kappa shape index (κ3) is 4.42. The van der Waals surface area contributed by atoms with Crippen molar-refractivity contribution in [1.29, 1.82) is 0 Å². The van der Waals surface area contributed by atoms with Gasteiger partial charge in [0.15, 0.2) is 11.5 Å². The van der Waals surface area contributed by atoms with Gasteiger partial charge in [-0.3, -0.25) is 5.32 Å². The second-order valence-electron chi connectivity index (χ2n) is 9.20. The Morgan fingerprint density at radius 1 is 1.14 bits per heavy atom. The normalized spacial score (nSPS) is 22.3. The Balaban J connectivity index is 1.27. The molecule has 2 aromatic carbocycles. The van der Waals surface area contributed by atoms with Crippen LogP contribution >= 0.6 is 11.6 Å². The molecule has 2 N–H and O–H groups in total. The predicted molar refractivity (Wildman–Crippen MR) is 131 cm³/mol. The minimum Gasteiger partial charge on any atom is -0.485 e. The zero-order valence-electron chi connectivity index (χ0n) is 19.4. The molecule has 6 rings (SSSR count). The van der Waals surface area contributed by atoms with Crippen LogP contribution in [0, 0.1) is 0 Å². The molecule has 0 saturated carbocycles. The van der Waals surface area contributed by atoms with Gasteiger partial charge in [-0.25, -0.2) is 9.59 Å². The van der Waals surface area contributed by atoms with E-state index >= 15 is 0 Å². The number of carbonyl (C=O) groups excluding carboxylic acids is 1. The number of rotatable bonds is 5. The largest absolute Gasteiger partial charge is 0.485 e. The Morgan fingerprint density at radius 2 is 1.86 bits per heavy atom. The highest BCUT2D eigenvalue weighted by molar-refractivity contribution is 6.34. The summed E-state index contributed by atoms with van der Waals surface area (Å²) in [5, 5.41) is 10.9. The number of amides is 1. The van der Waals surface area contributed by atoms with Crippen LogP contribution in [0.1, 0.15) is 37.3 Å². The fourth-order valence-electron chi connectivity index (χ4n) is 5.17. The van der Waals surface area contributed by atoms with Crippen molar-refractivity contribution in [2.24, 2.45) is 0 Å². The number of piperidine rings is 1. The van der Waals surface area contributed by atoms with E-state index in [0.717, 1.165) is 31.2 Å². The van der Waals surface area contributed by atoms with Crippen LogP contribution < -0.4 is 25.9 Å². The molecule has 1 amide bonds. The zero-order valence-corrected chi connectivity index (χ0v) is 20.1. The molecule has 3 aliphatic rings. The highest BCUT2D eigenvalue weighted by atomic mass is 35.5. The van der Waals surface area contributed by atoms with E-state index in [1.807, 2.05) is 30.3 Å². The highest BCUT2D eigenvalue weighted by Crippen LogP contribution is 2.48. The molecule has 11 heteroatoms. The van der Waals surface area contributed by atoms with Gasteiger partial charge in [0.1, 0.15) is 25.5 Å². The number of carbonyl (C=O) groups is 1. The average Bonchev–Trinajstić information content (AvgIpc) is 3.45. The standard InChI is InChI=1S/C25H25ClN4O6/c26-19-12-18(23-29-30(25(32)36-23)17-10-15-6-7-16(11-17)27-15)21-22(34-9-8-33-21)20(19)28-24(31)35-13-14-4-2-1-3-5-14/h1-5,12,15-17,27H,6-11,13H2,(H,28,31). The van der Waals surface area contributed by atoms with Crippen molar-refractivity contribution in [1.82, 2.24) is 15.1 Å². The predicted octanol–water partition coefficient (Wildman–Crippen LogP) is 4.13. The van der Waals surface area contributed by atoms with E-state index in [4.69, 9.17) is 30.2 Å². The lowest BCUT2D eigenvalue weighted by Gasteiger charge is -2.28. The van der Waals surface area contributed by atoms with Crippen molar-refractivity contribution in [3.63, 3.8) is 0 Å². The maximum atomic E-state index is 12.7. The number of ether oxygens (including phenoxy) is 3. The monoisotopic (exact) mass is 512 g/mol. The molecule has 0 spiro atoms. The number of anilines is 1. The fourth-order valence-corrected chi connectivity index (χ4v) is 5.41. The number of aromatic nitrogens is 2. The number of benzene rings is 2. The van der Waals surface area contributed by atoms with Crippen molar-refractivity contribution in [2.45, 2.75) is 50.4 Å². The van der Waals surface area contributed by atoms with Crippen LogP contribution in [0.4, 0.5) is 10.5 Å². The van der Waals surface area contributed by atoms with Crippen LogP contribution in [0.15, 0.2) is 45.6 Å². The highest BCUT2D eigenvalue weighted by Gasteiger charge is 2.36. The van der Waals surface area contributed by atoms with Gasteiger partial charge in [0.2, 0.25) is 0 Å². The third-order valence-corrected chi connectivity index (χ3v) is 7.10. The molecule has 188 valence electrons. The van der Waals surface area contributed by atoms with Gasteiger partial charge in [-0.2, -0.15) is 4.68 Å². The molecule has 2 fully saturated rings. The Morgan fingerprint density at radius 3 is 2.61 bits per heavy atom. The first-order chi connectivity index (χ1) is 17.5. The molecule has 2 unspecified atom stereocenters. The van der Waals surface area contributed by atoms with E-state index < -0.39 is 11.8 Å². The molecule has 10 nitrogen and oxygen atoms in total. The Kier molecular flexibility index (Phi) is 6.06. The first-order valence-corrected chi connectivity index (χ1v) is 12.4. The summed E-state index contributed by atoms with van der Waals surface area (Å²) in [6.45, 7) is 0.641. The molecule has 1 aromatic heterocycles. The first kappa shape index (κ1) is 22.9. The van der Waals surface area contributed by atoms with Gasteiger partial charge >= 0.3 is 11.8 Å². The number of halogens is 1. The lowest BCUT2D eigenvalue weighted by Crippen LogP contribution is -2.41. The average molecular weight is 513 g/mol. The van der Waals surface area contributed by atoms with Gasteiger partial charge < -0.3 is 23.9 Å². The van der Waals surface area contributed by atoms with Crippen molar-refractivity contribution in [3.05, 3.63) is 57.5 Å². The van der Waals surface area contributed by atoms with Crippen LogP contribution in [0.5, 0.6) is 11.5 Å². The van der Waals surface area contributed by atoms with Crippen LogP contribution in [-0.2, 0) is 11.3 Å². The molecule has 0 aliphatic carbocycles. The Hall–Kier alpha value is -3.50. The third-order valence-electron chi connectivity index (χ3n) is 6.80. The Bertz CT molecular complexity index is 1330. The lowest BCUT2D eigenvalue weighted by molar-refractivity contribution is 0.154. The molecule has 2 bridgehead atoms. The van der Waals surface area contributed by atoms with Crippen molar-refractivity contribution in [3.8, 4) is 23.0 Å². The molecular formula is C25H25ClN4O6. The molecule has 4 heterocycles. The SMILES string of the molecule is O=C(Nc1c(Cl)cc(-c2nn(C3CC4CCC(C3)N4)c(=O)o2)c2c1OCCO2)OCc1ccccc1. The lowest BCUT2D eigenvalue weighted by atomic mass is 10.0.